The van der Waals surface area contributed by atoms with Gasteiger partial charge < -0.3 is 0 Å². The minimum Gasteiger partial charge on any atom is -0.292 e. The highest BCUT2D eigenvalue weighted by Crippen LogP contribution is 2.14. The summed E-state index contributed by atoms with van der Waals surface area (Å²) < 4.78 is 0.898. The number of hydrogen-bond acceptors (Lipinski definition) is 5. The van der Waals surface area contributed by atoms with Crippen LogP contribution >= 0.6 is 15.9 Å². The number of aromatic nitrogens is 4. The molecule has 0 atom stereocenters. The number of nitrogens with zero attached hydrogens (tertiary/aromatic N) is 5. The molecule has 2 aromatic carbocycles. The van der Waals surface area contributed by atoms with Crippen molar-refractivity contribution >= 4 is 33.4 Å². The number of Topliss-reactive ketones (excluding diaryl/α,β-unsaturated/α-hetero) is 1. The normalized spacial score (nSPS) is 11.1. The van der Waals surface area contributed by atoms with Crippen LogP contribution in [0.25, 0.3) is 11.6 Å². The maximum absolute atomic E-state index is 12.2. The molecule has 0 amide bonds. The zero-order chi connectivity index (χ0) is 17.6. The number of hydrogen-bond donors (Lipinski definition) is 0. The van der Waals surface area contributed by atoms with Gasteiger partial charge in [0.2, 0.25) is 5.82 Å². The van der Waals surface area contributed by atoms with Crippen molar-refractivity contribution in [3.8, 4) is 6.07 Å². The highest BCUT2D eigenvalue weighted by Gasteiger charge is 2.12. The topological polar surface area (TPSA) is 84.5 Å². The lowest BCUT2D eigenvalue weighted by molar-refractivity contribution is 0.0961. The third-order valence-electron chi connectivity index (χ3n) is 3.38. The van der Waals surface area contributed by atoms with Crippen molar-refractivity contribution < 1.29 is 4.79 Å². The predicted octanol–water partition coefficient (Wildman–Crippen LogP) is 3.38. The van der Waals surface area contributed by atoms with E-state index >= 15 is 0 Å². The molecular weight excluding hydrogens is 382 g/mol. The Bertz CT molecular complexity index is 955. The van der Waals surface area contributed by atoms with Crippen molar-refractivity contribution in [3.05, 3.63) is 76.0 Å². The van der Waals surface area contributed by atoms with Gasteiger partial charge in [0.25, 0.3) is 0 Å². The first-order valence-electron chi connectivity index (χ1n) is 7.39. The minimum atomic E-state index is -0.137. The van der Waals surface area contributed by atoms with Crippen molar-refractivity contribution in [3.63, 3.8) is 0 Å². The minimum absolute atomic E-state index is 0.0430. The van der Waals surface area contributed by atoms with Gasteiger partial charge in [0, 0.05) is 10.0 Å². The summed E-state index contributed by atoms with van der Waals surface area (Å²) >= 11 is 3.33. The van der Waals surface area contributed by atoms with Gasteiger partial charge in [-0.2, -0.15) is 10.1 Å². The Kier molecular flexibility index (Phi) is 5.11. The first-order chi connectivity index (χ1) is 12.2. The highest BCUT2D eigenvalue weighted by atomic mass is 79.9. The Hall–Kier alpha value is -3.11. The summed E-state index contributed by atoms with van der Waals surface area (Å²) in [7, 11) is 0. The van der Waals surface area contributed by atoms with E-state index in [1.807, 2.05) is 30.3 Å². The van der Waals surface area contributed by atoms with E-state index in [-0.39, 0.29) is 23.7 Å². The molecule has 0 radical (unpaired) electrons. The van der Waals surface area contributed by atoms with Crippen molar-refractivity contribution in [1.29, 1.82) is 5.26 Å². The molecule has 0 spiro atoms. The number of benzene rings is 2. The summed E-state index contributed by atoms with van der Waals surface area (Å²) in [6, 6.07) is 18.5. The summed E-state index contributed by atoms with van der Waals surface area (Å²) in [5, 5.41) is 21.2. The summed E-state index contributed by atoms with van der Waals surface area (Å²) in [6.07, 6.45) is 1.68. The average Bonchev–Trinajstić information content (AvgIpc) is 3.09. The van der Waals surface area contributed by atoms with Crippen LogP contribution in [0.1, 0.15) is 21.7 Å². The fourth-order valence-electron chi connectivity index (χ4n) is 2.14. The van der Waals surface area contributed by atoms with Crippen LogP contribution < -0.4 is 0 Å². The molecule has 0 unspecified atom stereocenters. The predicted molar refractivity (Wildman–Crippen MR) is 96.2 cm³/mol. The second-order valence-electron chi connectivity index (χ2n) is 5.15. The van der Waals surface area contributed by atoms with Crippen LogP contribution in [-0.2, 0) is 6.54 Å². The van der Waals surface area contributed by atoms with Gasteiger partial charge in [0.15, 0.2) is 5.78 Å². The van der Waals surface area contributed by atoms with E-state index in [1.54, 1.807) is 30.3 Å². The lowest BCUT2D eigenvalue weighted by Crippen LogP contribution is -2.13. The molecule has 6 nitrogen and oxygen atoms in total. The fraction of sp³-hybridized carbons (Fsp3) is 0.0556. The molecule has 122 valence electrons. The van der Waals surface area contributed by atoms with E-state index in [9.17, 15) is 10.1 Å². The highest BCUT2D eigenvalue weighted by molar-refractivity contribution is 9.10. The van der Waals surface area contributed by atoms with Crippen molar-refractivity contribution in [2.45, 2.75) is 6.54 Å². The second kappa shape index (κ2) is 7.64. The van der Waals surface area contributed by atoms with Crippen molar-refractivity contribution in [2.75, 3.05) is 0 Å². The van der Waals surface area contributed by atoms with Crippen molar-refractivity contribution in [2.24, 2.45) is 0 Å². The van der Waals surface area contributed by atoms with E-state index in [1.165, 1.54) is 4.80 Å². The molecule has 0 aliphatic carbocycles. The van der Waals surface area contributed by atoms with Crippen LogP contribution in [0.2, 0.25) is 0 Å². The van der Waals surface area contributed by atoms with Crippen LogP contribution in [-0.4, -0.2) is 26.0 Å². The molecule has 0 fully saturated rings. The maximum Gasteiger partial charge on any atom is 0.215 e. The molecule has 3 aromatic rings. The Morgan fingerprint density at radius 1 is 1.16 bits per heavy atom. The Labute approximate surface area is 152 Å². The lowest BCUT2D eigenvalue weighted by atomic mass is 10.1. The molecule has 0 saturated carbocycles. The van der Waals surface area contributed by atoms with Gasteiger partial charge >= 0.3 is 0 Å². The van der Waals surface area contributed by atoms with E-state index in [4.69, 9.17) is 0 Å². The SMILES string of the molecule is N#C/C(=C\c1ccccc1)c1nnn(CC(=O)c2ccc(Br)cc2)n1. The van der Waals surface area contributed by atoms with Crippen LogP contribution in [0, 0.1) is 11.3 Å². The van der Waals surface area contributed by atoms with Gasteiger partial charge in [-0.15, -0.1) is 10.2 Å². The maximum atomic E-state index is 12.2. The number of carbonyl (C=O) groups excluding carboxylic acids is 1. The molecule has 7 heteroatoms. The van der Waals surface area contributed by atoms with Crippen LogP contribution in [0.4, 0.5) is 0 Å². The summed E-state index contributed by atoms with van der Waals surface area (Å²) in [4.78, 5) is 13.4. The quantitative estimate of drug-likeness (QED) is 0.489. The molecule has 1 aromatic heterocycles. The third kappa shape index (κ3) is 4.25. The molecule has 3 rings (SSSR count). The zero-order valence-electron chi connectivity index (χ0n) is 13.0. The Morgan fingerprint density at radius 3 is 2.56 bits per heavy atom. The number of tetrazole rings is 1. The molecule has 1 heterocycles. The van der Waals surface area contributed by atoms with E-state index in [0.717, 1.165) is 10.0 Å². The standard InChI is InChI=1S/C18H12BrN5O/c19-16-8-6-14(7-9-16)17(25)12-24-22-18(21-23-24)15(11-20)10-13-4-2-1-3-5-13/h1-10H,12H2/b15-10+. The molecule has 0 saturated heterocycles. The number of halogens is 1. The number of rotatable bonds is 5. The molecular formula is C18H12BrN5O. The van der Waals surface area contributed by atoms with Crippen LogP contribution in [0.3, 0.4) is 0 Å². The Morgan fingerprint density at radius 2 is 1.88 bits per heavy atom. The zero-order valence-corrected chi connectivity index (χ0v) is 14.6. The van der Waals surface area contributed by atoms with E-state index < -0.39 is 0 Å². The second-order valence-corrected chi connectivity index (χ2v) is 6.07. The van der Waals surface area contributed by atoms with Crippen molar-refractivity contribution in [1.82, 2.24) is 20.2 Å². The van der Waals surface area contributed by atoms with Gasteiger partial charge in [0.1, 0.15) is 18.2 Å². The largest absolute Gasteiger partial charge is 0.292 e. The number of ketones is 1. The van der Waals surface area contributed by atoms with Gasteiger partial charge in [0.05, 0.1) is 0 Å². The van der Waals surface area contributed by atoms with Gasteiger partial charge in [-0.25, -0.2) is 0 Å². The molecule has 0 bridgehead atoms. The number of allylic oxidation sites excluding steroid dienone is 1. The summed E-state index contributed by atoms with van der Waals surface area (Å²) in [6.45, 7) is -0.0430. The molecule has 0 aliphatic heterocycles. The number of nitriles is 1. The van der Waals surface area contributed by atoms with E-state index in [2.05, 4.69) is 37.4 Å². The monoisotopic (exact) mass is 393 g/mol. The molecule has 25 heavy (non-hydrogen) atoms. The summed E-state index contributed by atoms with van der Waals surface area (Å²) in [5.74, 6) is 0.0527. The smallest absolute Gasteiger partial charge is 0.215 e. The lowest BCUT2D eigenvalue weighted by Gasteiger charge is -1.99. The fourth-order valence-corrected chi connectivity index (χ4v) is 2.40. The first kappa shape index (κ1) is 16.7. The van der Waals surface area contributed by atoms with Crippen LogP contribution in [0.5, 0.6) is 0 Å². The third-order valence-corrected chi connectivity index (χ3v) is 3.90. The van der Waals surface area contributed by atoms with E-state index in [0.29, 0.717) is 5.56 Å². The average molecular weight is 394 g/mol. The molecule has 0 aliphatic rings. The number of carbonyl (C=O) groups is 1. The summed E-state index contributed by atoms with van der Waals surface area (Å²) in [5.41, 5.74) is 1.71. The van der Waals surface area contributed by atoms with Gasteiger partial charge in [-0.05, 0) is 29.0 Å². The first-order valence-corrected chi connectivity index (χ1v) is 8.19. The Balaban J connectivity index is 1.77. The molecule has 0 N–H and O–H groups in total. The van der Waals surface area contributed by atoms with Gasteiger partial charge in [-0.3, -0.25) is 4.79 Å². The van der Waals surface area contributed by atoms with Crippen LogP contribution in [0.15, 0.2) is 59.1 Å². The van der Waals surface area contributed by atoms with Gasteiger partial charge in [-0.1, -0.05) is 58.4 Å².